The highest BCUT2D eigenvalue weighted by Gasteiger charge is 2.37. The van der Waals surface area contributed by atoms with Gasteiger partial charge in [-0.15, -0.1) is 0 Å². The second kappa shape index (κ2) is 6.63. The lowest BCUT2D eigenvalue weighted by atomic mass is 9.97. The maximum Gasteiger partial charge on any atom is 0.276 e. The Morgan fingerprint density at radius 3 is 2.64 bits per heavy atom. The number of hydrogen-bond donors (Lipinski definition) is 1. The van der Waals surface area contributed by atoms with Crippen molar-refractivity contribution in [2.75, 3.05) is 31.6 Å². The van der Waals surface area contributed by atoms with Crippen molar-refractivity contribution in [2.45, 2.75) is 19.4 Å². The van der Waals surface area contributed by atoms with Crippen molar-refractivity contribution in [3.05, 3.63) is 48.3 Å². The molecule has 1 aromatic heterocycles. The highest BCUT2D eigenvalue weighted by Crippen LogP contribution is 2.35. The largest absolute Gasteiger partial charge is 0.505 e. The standard InChI is InChI=1S/C19H23N3O3/c1-19(2)13-21(18(24)17-15(23)8-6-10-20-17)11-12-22(19)14-7-4-5-9-16(14)25-3/h4-10,23H,11-13H2,1-3H3. The molecule has 0 unspecified atom stereocenters. The van der Waals surface area contributed by atoms with Gasteiger partial charge in [-0.1, -0.05) is 12.1 Å². The molecule has 2 aromatic rings. The van der Waals surface area contributed by atoms with Crippen molar-refractivity contribution in [1.82, 2.24) is 9.88 Å². The molecule has 6 nitrogen and oxygen atoms in total. The number of amides is 1. The summed E-state index contributed by atoms with van der Waals surface area (Å²) >= 11 is 0. The number of para-hydroxylation sites is 2. The third-order valence-electron chi connectivity index (χ3n) is 4.55. The van der Waals surface area contributed by atoms with Crippen LogP contribution in [0.4, 0.5) is 5.69 Å². The van der Waals surface area contributed by atoms with Gasteiger partial charge in [0.05, 0.1) is 18.3 Å². The molecule has 1 amide bonds. The number of pyridine rings is 1. The zero-order valence-corrected chi connectivity index (χ0v) is 14.8. The number of aromatic nitrogens is 1. The normalized spacial score (nSPS) is 16.6. The Balaban J connectivity index is 1.83. The lowest BCUT2D eigenvalue weighted by Gasteiger charge is -2.48. The first-order valence-electron chi connectivity index (χ1n) is 8.28. The predicted molar refractivity (Wildman–Crippen MR) is 96.2 cm³/mol. The fraction of sp³-hybridized carbons (Fsp3) is 0.368. The summed E-state index contributed by atoms with van der Waals surface area (Å²) in [6.45, 7) is 5.94. The molecule has 25 heavy (non-hydrogen) atoms. The van der Waals surface area contributed by atoms with Crippen LogP contribution in [0.1, 0.15) is 24.3 Å². The van der Waals surface area contributed by atoms with Gasteiger partial charge >= 0.3 is 0 Å². The number of hydrogen-bond acceptors (Lipinski definition) is 5. The minimum atomic E-state index is -0.285. The lowest BCUT2D eigenvalue weighted by molar-refractivity contribution is 0.0676. The van der Waals surface area contributed by atoms with E-state index in [1.807, 2.05) is 24.3 Å². The van der Waals surface area contributed by atoms with Crippen LogP contribution in [0.3, 0.4) is 0 Å². The topological polar surface area (TPSA) is 65.9 Å². The fourth-order valence-corrected chi connectivity index (χ4v) is 3.34. The van der Waals surface area contributed by atoms with Crippen molar-refractivity contribution in [3.63, 3.8) is 0 Å². The molecule has 1 aliphatic heterocycles. The third kappa shape index (κ3) is 3.24. The zero-order chi connectivity index (χ0) is 18.0. The van der Waals surface area contributed by atoms with Gasteiger partial charge in [-0.25, -0.2) is 4.98 Å². The number of carbonyl (C=O) groups excluding carboxylic acids is 1. The van der Waals surface area contributed by atoms with Gasteiger partial charge in [-0.3, -0.25) is 4.79 Å². The van der Waals surface area contributed by atoms with E-state index < -0.39 is 0 Å². The van der Waals surface area contributed by atoms with Crippen molar-refractivity contribution < 1.29 is 14.6 Å². The molecule has 6 heteroatoms. The molecule has 3 rings (SSSR count). The van der Waals surface area contributed by atoms with Gasteiger partial charge < -0.3 is 19.6 Å². The molecule has 132 valence electrons. The Labute approximate surface area is 147 Å². The zero-order valence-electron chi connectivity index (χ0n) is 14.8. The van der Waals surface area contributed by atoms with Crippen LogP contribution in [0.2, 0.25) is 0 Å². The first kappa shape index (κ1) is 17.1. The molecule has 1 saturated heterocycles. The van der Waals surface area contributed by atoms with Gasteiger partial charge in [0.1, 0.15) is 11.5 Å². The number of methoxy groups -OCH3 is 1. The molecule has 0 saturated carbocycles. The summed E-state index contributed by atoms with van der Waals surface area (Å²) in [6.07, 6.45) is 1.52. The highest BCUT2D eigenvalue weighted by molar-refractivity contribution is 5.95. The van der Waals surface area contributed by atoms with Crippen LogP contribution in [-0.2, 0) is 0 Å². The van der Waals surface area contributed by atoms with Crippen molar-refractivity contribution >= 4 is 11.6 Å². The van der Waals surface area contributed by atoms with Crippen LogP contribution in [0, 0.1) is 0 Å². The molecule has 2 heterocycles. The predicted octanol–water partition coefficient (Wildman–Crippen LogP) is 2.54. The van der Waals surface area contributed by atoms with Crippen molar-refractivity contribution in [2.24, 2.45) is 0 Å². The van der Waals surface area contributed by atoms with Gasteiger partial charge in [-0.2, -0.15) is 0 Å². The van der Waals surface area contributed by atoms with E-state index in [4.69, 9.17) is 4.74 Å². The Hall–Kier alpha value is -2.76. The van der Waals surface area contributed by atoms with Crippen LogP contribution in [-0.4, -0.2) is 53.2 Å². The average Bonchev–Trinajstić information content (AvgIpc) is 2.61. The Bertz CT molecular complexity index is 776. The van der Waals surface area contributed by atoms with Gasteiger partial charge in [-0.05, 0) is 38.1 Å². The van der Waals surface area contributed by atoms with E-state index in [1.165, 1.54) is 12.3 Å². The summed E-state index contributed by atoms with van der Waals surface area (Å²) in [6, 6.07) is 11.0. The molecule has 0 bridgehead atoms. The molecule has 0 atom stereocenters. The number of piperazine rings is 1. The minimum absolute atomic E-state index is 0.0857. The quantitative estimate of drug-likeness (QED) is 0.929. The van der Waals surface area contributed by atoms with Crippen molar-refractivity contribution in [1.29, 1.82) is 0 Å². The lowest BCUT2D eigenvalue weighted by Crippen LogP contribution is -2.60. The Kier molecular flexibility index (Phi) is 4.53. The van der Waals surface area contributed by atoms with Crippen LogP contribution < -0.4 is 9.64 Å². The van der Waals surface area contributed by atoms with E-state index in [1.54, 1.807) is 18.1 Å². The number of nitrogens with zero attached hydrogens (tertiary/aromatic N) is 3. The average molecular weight is 341 g/mol. The third-order valence-corrected chi connectivity index (χ3v) is 4.55. The molecule has 1 N–H and O–H groups in total. The number of carbonyl (C=O) groups is 1. The second-order valence-corrected chi connectivity index (χ2v) is 6.73. The Morgan fingerprint density at radius 1 is 1.20 bits per heavy atom. The van der Waals surface area contributed by atoms with Gasteiger partial charge in [0.2, 0.25) is 0 Å². The summed E-state index contributed by atoms with van der Waals surface area (Å²) in [7, 11) is 1.66. The molecule has 0 aliphatic carbocycles. The van der Waals surface area contributed by atoms with E-state index in [-0.39, 0.29) is 22.9 Å². The maximum absolute atomic E-state index is 12.7. The summed E-state index contributed by atoms with van der Waals surface area (Å²) in [5, 5.41) is 9.90. The monoisotopic (exact) mass is 341 g/mol. The molecule has 0 spiro atoms. The second-order valence-electron chi connectivity index (χ2n) is 6.73. The highest BCUT2D eigenvalue weighted by atomic mass is 16.5. The smallest absolute Gasteiger partial charge is 0.276 e. The van der Waals surface area contributed by atoms with Crippen LogP contribution in [0.25, 0.3) is 0 Å². The first-order chi connectivity index (χ1) is 11.9. The molecule has 1 aliphatic rings. The number of rotatable bonds is 3. The van der Waals surface area contributed by atoms with E-state index in [9.17, 15) is 9.90 Å². The number of anilines is 1. The maximum atomic E-state index is 12.7. The SMILES string of the molecule is COc1ccccc1N1CCN(C(=O)c2ncccc2O)CC1(C)C. The summed E-state index contributed by atoms with van der Waals surface area (Å²) in [5.41, 5.74) is 0.833. The molecule has 0 radical (unpaired) electrons. The van der Waals surface area contributed by atoms with Crippen LogP contribution in [0.15, 0.2) is 42.6 Å². The summed E-state index contributed by atoms with van der Waals surface area (Å²) in [5.74, 6) is 0.487. The van der Waals surface area contributed by atoms with E-state index >= 15 is 0 Å². The number of aromatic hydroxyl groups is 1. The fourth-order valence-electron chi connectivity index (χ4n) is 3.34. The van der Waals surface area contributed by atoms with Gasteiger partial charge in [0.25, 0.3) is 5.91 Å². The van der Waals surface area contributed by atoms with Gasteiger partial charge in [0.15, 0.2) is 5.69 Å². The summed E-state index contributed by atoms with van der Waals surface area (Å²) in [4.78, 5) is 20.8. The van der Waals surface area contributed by atoms with Crippen molar-refractivity contribution in [3.8, 4) is 11.5 Å². The summed E-state index contributed by atoms with van der Waals surface area (Å²) < 4.78 is 5.49. The van der Waals surface area contributed by atoms with Crippen LogP contribution in [0.5, 0.6) is 11.5 Å². The van der Waals surface area contributed by atoms with Gasteiger partial charge in [0, 0.05) is 25.8 Å². The van der Waals surface area contributed by atoms with E-state index in [0.29, 0.717) is 19.6 Å². The number of benzene rings is 1. The Morgan fingerprint density at radius 2 is 1.96 bits per heavy atom. The molecule has 1 aromatic carbocycles. The molecular weight excluding hydrogens is 318 g/mol. The molecular formula is C19H23N3O3. The van der Waals surface area contributed by atoms with E-state index in [2.05, 4.69) is 23.7 Å². The minimum Gasteiger partial charge on any atom is -0.505 e. The van der Waals surface area contributed by atoms with E-state index in [0.717, 1.165) is 11.4 Å². The van der Waals surface area contributed by atoms with Crippen LogP contribution >= 0.6 is 0 Å². The first-order valence-corrected chi connectivity index (χ1v) is 8.28. The number of ether oxygens (including phenoxy) is 1. The molecule has 1 fully saturated rings.